The van der Waals surface area contributed by atoms with Crippen LogP contribution in [0.3, 0.4) is 0 Å². The molecule has 21 heavy (non-hydrogen) atoms. The first kappa shape index (κ1) is 13.8. The number of H-pyrrole nitrogens is 1. The highest BCUT2D eigenvalue weighted by Gasteiger charge is 2.08. The highest BCUT2D eigenvalue weighted by atomic mass is 35.5. The molecular weight excluding hydrogens is 286 g/mol. The van der Waals surface area contributed by atoms with Gasteiger partial charge in [-0.2, -0.15) is 0 Å². The van der Waals surface area contributed by atoms with Crippen LogP contribution in [-0.2, 0) is 13.0 Å². The van der Waals surface area contributed by atoms with Gasteiger partial charge in [0.05, 0.1) is 12.3 Å². The van der Waals surface area contributed by atoms with Crippen LogP contribution >= 0.6 is 11.6 Å². The first-order valence-corrected chi connectivity index (χ1v) is 6.98. The maximum atomic E-state index is 9.17. The van der Waals surface area contributed by atoms with Crippen LogP contribution < -0.4 is 0 Å². The Balaban J connectivity index is 1.85. The van der Waals surface area contributed by atoms with Crippen LogP contribution in [0.4, 0.5) is 0 Å². The van der Waals surface area contributed by atoms with Crippen molar-refractivity contribution in [1.29, 1.82) is 0 Å². The molecule has 5 heteroatoms. The molecule has 0 amide bonds. The first-order valence-electron chi connectivity index (χ1n) is 6.60. The minimum Gasteiger partial charge on any atom is -0.392 e. The van der Waals surface area contributed by atoms with Gasteiger partial charge in [0, 0.05) is 23.8 Å². The van der Waals surface area contributed by atoms with Crippen LogP contribution in [0.1, 0.15) is 17.0 Å². The fourth-order valence-electron chi connectivity index (χ4n) is 2.12. The lowest BCUT2D eigenvalue weighted by atomic mass is 10.1. The number of aliphatic hydroxyl groups is 1. The third kappa shape index (κ3) is 3.12. The number of imidazole rings is 1. The van der Waals surface area contributed by atoms with E-state index in [-0.39, 0.29) is 6.61 Å². The van der Waals surface area contributed by atoms with E-state index in [0.717, 1.165) is 33.4 Å². The fourth-order valence-corrected chi connectivity index (χ4v) is 2.32. The molecule has 106 valence electrons. The summed E-state index contributed by atoms with van der Waals surface area (Å²) in [5.41, 5.74) is 3.34. The zero-order valence-corrected chi connectivity index (χ0v) is 12.0. The van der Waals surface area contributed by atoms with E-state index >= 15 is 0 Å². The van der Waals surface area contributed by atoms with E-state index in [9.17, 15) is 0 Å². The van der Waals surface area contributed by atoms with Crippen LogP contribution in [0, 0.1) is 0 Å². The number of aromatic nitrogens is 3. The second-order valence-electron chi connectivity index (χ2n) is 4.71. The summed E-state index contributed by atoms with van der Waals surface area (Å²) in [6.45, 7) is -0.00752. The van der Waals surface area contributed by atoms with E-state index in [1.165, 1.54) is 0 Å². The number of nitrogens with one attached hydrogen (secondary N) is 1. The highest BCUT2D eigenvalue weighted by Crippen LogP contribution is 2.20. The van der Waals surface area contributed by atoms with E-state index in [0.29, 0.717) is 6.42 Å². The average molecular weight is 300 g/mol. The molecule has 0 spiro atoms. The molecule has 0 atom stereocenters. The van der Waals surface area contributed by atoms with E-state index < -0.39 is 0 Å². The Kier molecular flexibility index (Phi) is 3.99. The smallest absolute Gasteiger partial charge is 0.111 e. The Morgan fingerprint density at radius 2 is 2.00 bits per heavy atom. The predicted molar refractivity (Wildman–Crippen MR) is 82.0 cm³/mol. The molecule has 2 heterocycles. The number of nitrogens with zero attached hydrogens (tertiary/aromatic N) is 2. The third-order valence-electron chi connectivity index (χ3n) is 3.22. The number of aromatic amines is 1. The molecule has 0 aliphatic rings. The number of aliphatic hydroxyl groups excluding tert-OH is 1. The van der Waals surface area contributed by atoms with Gasteiger partial charge in [0.25, 0.3) is 0 Å². The minimum absolute atomic E-state index is 0.00752. The van der Waals surface area contributed by atoms with Crippen molar-refractivity contribution in [3.8, 4) is 11.4 Å². The number of hydrogen-bond acceptors (Lipinski definition) is 3. The number of pyridine rings is 1. The molecule has 3 aromatic rings. The van der Waals surface area contributed by atoms with Crippen LogP contribution in [0.15, 0.2) is 48.8 Å². The lowest BCUT2D eigenvalue weighted by Crippen LogP contribution is -1.92. The normalized spacial score (nSPS) is 10.8. The molecule has 0 fully saturated rings. The lowest BCUT2D eigenvalue weighted by Gasteiger charge is -2.01. The monoisotopic (exact) mass is 299 g/mol. The minimum atomic E-state index is -0.00752. The van der Waals surface area contributed by atoms with Crippen molar-refractivity contribution in [2.24, 2.45) is 0 Å². The zero-order valence-electron chi connectivity index (χ0n) is 11.3. The number of hydrogen-bond donors (Lipinski definition) is 2. The molecule has 0 saturated heterocycles. The number of rotatable bonds is 4. The fraction of sp³-hybridized carbons (Fsp3) is 0.125. The van der Waals surface area contributed by atoms with Crippen molar-refractivity contribution in [3.63, 3.8) is 0 Å². The van der Waals surface area contributed by atoms with Crippen LogP contribution in [0.5, 0.6) is 0 Å². The van der Waals surface area contributed by atoms with Crippen molar-refractivity contribution < 1.29 is 5.11 Å². The van der Waals surface area contributed by atoms with Gasteiger partial charge in [0.15, 0.2) is 0 Å². The molecule has 0 radical (unpaired) electrons. The van der Waals surface area contributed by atoms with Gasteiger partial charge < -0.3 is 10.1 Å². The Bertz CT molecular complexity index is 755. The van der Waals surface area contributed by atoms with Gasteiger partial charge in [-0.1, -0.05) is 29.8 Å². The second kappa shape index (κ2) is 6.08. The van der Waals surface area contributed by atoms with E-state index in [1.54, 1.807) is 12.3 Å². The molecule has 1 aromatic carbocycles. The topological polar surface area (TPSA) is 61.8 Å². The largest absolute Gasteiger partial charge is 0.392 e. The SMILES string of the molecule is OCc1ccnc(-c2c[nH]c(Cc3ccccc3Cl)n2)c1. The standard InChI is InChI=1S/C16H14ClN3O/c17-13-4-2-1-3-12(13)8-16-19-9-15(20-16)14-7-11(10-21)5-6-18-14/h1-7,9,21H,8,10H2,(H,19,20). The Labute approximate surface area is 127 Å². The molecule has 0 bridgehead atoms. The average Bonchev–Trinajstić information content (AvgIpc) is 2.98. The maximum absolute atomic E-state index is 9.17. The summed E-state index contributed by atoms with van der Waals surface area (Å²) in [5.74, 6) is 0.828. The van der Waals surface area contributed by atoms with Gasteiger partial charge in [-0.3, -0.25) is 4.98 Å². The van der Waals surface area contributed by atoms with Crippen molar-refractivity contribution in [1.82, 2.24) is 15.0 Å². The Morgan fingerprint density at radius 3 is 2.81 bits per heavy atom. The summed E-state index contributed by atoms with van der Waals surface area (Å²) >= 11 is 6.16. The lowest BCUT2D eigenvalue weighted by molar-refractivity contribution is 0.282. The molecule has 0 unspecified atom stereocenters. The summed E-state index contributed by atoms with van der Waals surface area (Å²) < 4.78 is 0. The van der Waals surface area contributed by atoms with Gasteiger partial charge >= 0.3 is 0 Å². The number of benzene rings is 1. The summed E-state index contributed by atoms with van der Waals surface area (Å²) in [6, 6.07) is 11.3. The molecule has 0 aliphatic carbocycles. The van der Waals surface area contributed by atoms with Crippen molar-refractivity contribution in [2.45, 2.75) is 13.0 Å². The Morgan fingerprint density at radius 1 is 1.14 bits per heavy atom. The zero-order chi connectivity index (χ0) is 14.7. The Hall–Kier alpha value is -2.17. The molecular formula is C16H14ClN3O. The number of halogens is 1. The van der Waals surface area contributed by atoms with E-state index in [1.807, 2.05) is 36.5 Å². The van der Waals surface area contributed by atoms with Crippen molar-refractivity contribution in [3.05, 3.63) is 70.8 Å². The van der Waals surface area contributed by atoms with Gasteiger partial charge in [0.1, 0.15) is 11.5 Å². The van der Waals surface area contributed by atoms with Crippen molar-refractivity contribution in [2.75, 3.05) is 0 Å². The van der Waals surface area contributed by atoms with Gasteiger partial charge in [-0.25, -0.2) is 4.98 Å². The summed E-state index contributed by atoms with van der Waals surface area (Å²) in [6.07, 6.45) is 4.12. The van der Waals surface area contributed by atoms with Crippen molar-refractivity contribution >= 4 is 11.6 Å². The molecule has 2 N–H and O–H groups in total. The predicted octanol–water partition coefficient (Wildman–Crippen LogP) is 3.21. The van der Waals surface area contributed by atoms with Gasteiger partial charge in [-0.15, -0.1) is 0 Å². The molecule has 0 aliphatic heterocycles. The molecule has 0 saturated carbocycles. The van der Waals surface area contributed by atoms with Crippen LogP contribution in [0.2, 0.25) is 5.02 Å². The van der Waals surface area contributed by atoms with E-state index in [4.69, 9.17) is 16.7 Å². The van der Waals surface area contributed by atoms with E-state index in [2.05, 4.69) is 15.0 Å². The van der Waals surface area contributed by atoms with Crippen LogP contribution in [-0.4, -0.2) is 20.1 Å². The summed E-state index contributed by atoms with van der Waals surface area (Å²) in [4.78, 5) is 12.0. The first-order chi connectivity index (χ1) is 10.3. The quantitative estimate of drug-likeness (QED) is 0.777. The summed E-state index contributed by atoms with van der Waals surface area (Å²) in [7, 11) is 0. The van der Waals surface area contributed by atoms with Gasteiger partial charge in [-0.05, 0) is 29.3 Å². The third-order valence-corrected chi connectivity index (χ3v) is 3.58. The second-order valence-corrected chi connectivity index (χ2v) is 5.12. The van der Waals surface area contributed by atoms with Crippen LogP contribution in [0.25, 0.3) is 11.4 Å². The van der Waals surface area contributed by atoms with Gasteiger partial charge in [0.2, 0.25) is 0 Å². The summed E-state index contributed by atoms with van der Waals surface area (Å²) in [5, 5.41) is 9.90. The molecule has 2 aromatic heterocycles. The molecule has 3 rings (SSSR count). The molecule has 4 nitrogen and oxygen atoms in total. The maximum Gasteiger partial charge on any atom is 0.111 e. The highest BCUT2D eigenvalue weighted by molar-refractivity contribution is 6.31.